The van der Waals surface area contributed by atoms with Crippen LogP contribution in [-0.2, 0) is 9.47 Å². The average molecular weight is 286 g/mol. The van der Waals surface area contributed by atoms with Gasteiger partial charge in [-0.2, -0.15) is 0 Å². The topological polar surface area (TPSA) is 71.0 Å². The molecule has 2 saturated heterocycles. The lowest BCUT2D eigenvalue weighted by molar-refractivity contribution is -0.106. The lowest BCUT2D eigenvalue weighted by Crippen LogP contribution is -2.66. The lowest BCUT2D eigenvalue weighted by Gasteiger charge is -2.47. The first-order valence-corrected chi connectivity index (χ1v) is 7.28. The van der Waals surface area contributed by atoms with Gasteiger partial charge in [0.2, 0.25) is 0 Å². The van der Waals surface area contributed by atoms with Crippen molar-refractivity contribution in [2.24, 2.45) is 0 Å². The summed E-state index contributed by atoms with van der Waals surface area (Å²) in [5, 5.41) is 12.6. The van der Waals surface area contributed by atoms with E-state index in [1.165, 1.54) is 0 Å². The number of nitrogens with zero attached hydrogens (tertiary/aromatic N) is 1. The highest BCUT2D eigenvalue weighted by atomic mass is 16.6. The summed E-state index contributed by atoms with van der Waals surface area (Å²) < 4.78 is 10.9. The van der Waals surface area contributed by atoms with Crippen molar-refractivity contribution in [3.05, 3.63) is 0 Å². The van der Waals surface area contributed by atoms with Crippen molar-refractivity contribution in [2.75, 3.05) is 32.9 Å². The van der Waals surface area contributed by atoms with Crippen LogP contribution < -0.4 is 5.32 Å². The molecule has 1 amide bonds. The molecule has 0 spiro atoms. The van der Waals surface area contributed by atoms with Crippen LogP contribution >= 0.6 is 0 Å². The molecule has 0 aromatic heterocycles. The van der Waals surface area contributed by atoms with Crippen molar-refractivity contribution in [2.45, 2.75) is 50.8 Å². The zero-order valence-corrected chi connectivity index (χ0v) is 12.6. The van der Waals surface area contributed by atoms with Gasteiger partial charge >= 0.3 is 6.09 Å². The van der Waals surface area contributed by atoms with Gasteiger partial charge in [-0.25, -0.2) is 4.79 Å². The summed E-state index contributed by atoms with van der Waals surface area (Å²) in [6.07, 6.45) is 1.75. The molecule has 0 aromatic carbocycles. The summed E-state index contributed by atoms with van der Waals surface area (Å²) in [6.45, 7) is 7.90. The van der Waals surface area contributed by atoms with Gasteiger partial charge < -0.3 is 19.9 Å². The maximum absolute atomic E-state index is 11.8. The van der Waals surface area contributed by atoms with Crippen LogP contribution in [0.15, 0.2) is 0 Å². The number of morpholine rings is 1. The molecule has 2 fully saturated rings. The standard InChI is InChI=1S/C14H26N2O4/c1-13(2,3)20-12(18)15-8-14(9-17)10-19-7-11-5-4-6-16(11)14/h11,17H,4-10H2,1-3H3,(H,15,18)/t11-,14+/m0/s1. The molecule has 20 heavy (non-hydrogen) atoms. The molecule has 2 heterocycles. The Kier molecular flexibility index (Phi) is 4.56. The van der Waals surface area contributed by atoms with E-state index in [1.807, 2.05) is 20.8 Å². The zero-order valence-electron chi connectivity index (χ0n) is 12.6. The Balaban J connectivity index is 1.95. The van der Waals surface area contributed by atoms with E-state index in [1.54, 1.807) is 0 Å². The molecule has 0 aliphatic carbocycles. The molecule has 0 saturated carbocycles. The van der Waals surface area contributed by atoms with Crippen LogP contribution in [0.4, 0.5) is 4.79 Å². The third-order valence-corrected chi connectivity index (χ3v) is 3.92. The number of amides is 1. The molecule has 6 nitrogen and oxygen atoms in total. The summed E-state index contributed by atoms with van der Waals surface area (Å²) in [5.74, 6) is 0. The number of fused-ring (bicyclic) bond motifs is 1. The summed E-state index contributed by atoms with van der Waals surface area (Å²) in [7, 11) is 0. The third kappa shape index (κ3) is 3.42. The largest absolute Gasteiger partial charge is 0.444 e. The SMILES string of the molecule is CC(C)(C)OC(=O)NC[C@@]1(CO)COC[C@@H]2CCCN21. The molecule has 0 radical (unpaired) electrons. The first-order valence-electron chi connectivity index (χ1n) is 7.28. The van der Waals surface area contributed by atoms with Crippen molar-refractivity contribution < 1.29 is 19.4 Å². The molecule has 0 unspecified atom stereocenters. The second-order valence-corrected chi connectivity index (χ2v) is 6.74. The van der Waals surface area contributed by atoms with E-state index in [9.17, 15) is 9.90 Å². The average Bonchev–Trinajstić information content (AvgIpc) is 2.83. The Bertz CT molecular complexity index is 356. The van der Waals surface area contributed by atoms with Crippen molar-refractivity contribution in [1.82, 2.24) is 10.2 Å². The van der Waals surface area contributed by atoms with Gasteiger partial charge in [0.15, 0.2) is 0 Å². The van der Waals surface area contributed by atoms with E-state index in [0.29, 0.717) is 25.8 Å². The van der Waals surface area contributed by atoms with Crippen LogP contribution in [0, 0.1) is 0 Å². The Morgan fingerprint density at radius 2 is 2.30 bits per heavy atom. The van der Waals surface area contributed by atoms with E-state index >= 15 is 0 Å². The van der Waals surface area contributed by atoms with Crippen molar-refractivity contribution >= 4 is 6.09 Å². The molecule has 2 N–H and O–H groups in total. The van der Waals surface area contributed by atoms with Crippen LogP contribution in [0.5, 0.6) is 0 Å². The van der Waals surface area contributed by atoms with Crippen molar-refractivity contribution in [1.29, 1.82) is 0 Å². The van der Waals surface area contributed by atoms with E-state index < -0.39 is 17.2 Å². The second kappa shape index (κ2) is 5.87. The maximum atomic E-state index is 11.8. The molecule has 2 aliphatic rings. The maximum Gasteiger partial charge on any atom is 0.407 e. The van der Waals surface area contributed by atoms with Crippen LogP contribution in [0.2, 0.25) is 0 Å². The number of alkyl carbamates (subject to hydrolysis) is 1. The first kappa shape index (κ1) is 15.5. The van der Waals surface area contributed by atoms with Gasteiger partial charge in [0.05, 0.1) is 25.4 Å². The van der Waals surface area contributed by atoms with Gasteiger partial charge in [-0.05, 0) is 40.2 Å². The minimum Gasteiger partial charge on any atom is -0.444 e. The Morgan fingerprint density at radius 3 is 2.95 bits per heavy atom. The fourth-order valence-electron chi connectivity index (χ4n) is 3.00. The summed E-state index contributed by atoms with van der Waals surface area (Å²) >= 11 is 0. The second-order valence-electron chi connectivity index (χ2n) is 6.74. The van der Waals surface area contributed by atoms with Crippen LogP contribution in [-0.4, -0.2) is 66.2 Å². The van der Waals surface area contributed by atoms with Crippen molar-refractivity contribution in [3.8, 4) is 0 Å². The van der Waals surface area contributed by atoms with E-state index in [-0.39, 0.29) is 6.61 Å². The van der Waals surface area contributed by atoms with E-state index in [4.69, 9.17) is 9.47 Å². The van der Waals surface area contributed by atoms with Gasteiger partial charge in [0, 0.05) is 12.6 Å². The molecular formula is C14H26N2O4. The Hall–Kier alpha value is -0.850. The van der Waals surface area contributed by atoms with Crippen molar-refractivity contribution in [3.63, 3.8) is 0 Å². The molecule has 0 aromatic rings. The highest BCUT2D eigenvalue weighted by molar-refractivity contribution is 5.67. The van der Waals surface area contributed by atoms with Gasteiger partial charge in [-0.15, -0.1) is 0 Å². The highest BCUT2D eigenvalue weighted by Gasteiger charge is 2.46. The predicted octanol–water partition coefficient (Wildman–Crippen LogP) is 0.737. The van der Waals surface area contributed by atoms with Crippen LogP contribution in [0.1, 0.15) is 33.6 Å². The lowest BCUT2D eigenvalue weighted by atomic mass is 9.96. The summed E-state index contributed by atoms with van der Waals surface area (Å²) in [4.78, 5) is 14.1. The molecule has 2 aliphatic heterocycles. The predicted molar refractivity (Wildman–Crippen MR) is 74.6 cm³/mol. The Morgan fingerprint density at radius 1 is 1.55 bits per heavy atom. The molecule has 116 valence electrons. The zero-order chi connectivity index (χ0) is 14.8. The van der Waals surface area contributed by atoms with Crippen LogP contribution in [0.3, 0.4) is 0 Å². The highest BCUT2D eigenvalue weighted by Crippen LogP contribution is 2.31. The normalized spacial score (nSPS) is 30.9. The third-order valence-electron chi connectivity index (χ3n) is 3.92. The molecule has 6 heteroatoms. The number of carbonyl (C=O) groups excluding carboxylic acids is 1. The minimum absolute atomic E-state index is 0.0285. The molecular weight excluding hydrogens is 260 g/mol. The van der Waals surface area contributed by atoms with E-state index in [2.05, 4.69) is 10.2 Å². The van der Waals surface area contributed by atoms with Gasteiger partial charge in [0.1, 0.15) is 5.60 Å². The van der Waals surface area contributed by atoms with Gasteiger partial charge in [0.25, 0.3) is 0 Å². The number of ether oxygens (including phenoxy) is 2. The Labute approximate surface area is 120 Å². The summed E-state index contributed by atoms with van der Waals surface area (Å²) in [6, 6.07) is 0.358. The quantitative estimate of drug-likeness (QED) is 0.800. The fourth-order valence-corrected chi connectivity index (χ4v) is 3.00. The number of hydrogen-bond donors (Lipinski definition) is 2. The van der Waals surface area contributed by atoms with Crippen LogP contribution in [0.25, 0.3) is 0 Å². The summed E-state index contributed by atoms with van der Waals surface area (Å²) in [5.41, 5.74) is -1.04. The van der Waals surface area contributed by atoms with Gasteiger partial charge in [-0.1, -0.05) is 0 Å². The molecule has 0 bridgehead atoms. The van der Waals surface area contributed by atoms with Gasteiger partial charge in [-0.3, -0.25) is 4.90 Å². The van der Waals surface area contributed by atoms with E-state index in [0.717, 1.165) is 19.4 Å². The number of rotatable bonds is 3. The minimum atomic E-state index is -0.518. The number of carbonyl (C=O) groups is 1. The number of nitrogens with one attached hydrogen (secondary N) is 1. The number of aliphatic hydroxyl groups is 1. The smallest absolute Gasteiger partial charge is 0.407 e. The molecule has 2 rings (SSSR count). The monoisotopic (exact) mass is 286 g/mol. The number of hydrogen-bond acceptors (Lipinski definition) is 5. The fraction of sp³-hybridized carbons (Fsp3) is 0.929. The first-order chi connectivity index (χ1) is 9.36. The number of aliphatic hydroxyl groups excluding tert-OH is 1. The molecule has 2 atom stereocenters.